The number of aliphatic carboxylic acids is 2. The van der Waals surface area contributed by atoms with Crippen molar-refractivity contribution in [2.45, 2.75) is 0 Å². The summed E-state index contributed by atoms with van der Waals surface area (Å²) < 4.78 is 0. The maximum atomic E-state index is 11.7. The molecule has 0 aliphatic carbocycles. The first kappa shape index (κ1) is 17.9. The Morgan fingerprint density at radius 2 is 1.23 bits per heavy atom. The summed E-state index contributed by atoms with van der Waals surface area (Å²) in [6.07, 6.45) is 0. The Balaban J connectivity index is 2.74. The number of nitrogens with zero attached hydrogens (tertiary/aromatic N) is 2. The first-order chi connectivity index (χ1) is 10.4. The van der Waals surface area contributed by atoms with Crippen molar-refractivity contribution in [3.8, 4) is 0 Å². The zero-order chi connectivity index (χ0) is 16.5. The van der Waals surface area contributed by atoms with Crippen molar-refractivity contribution in [3.05, 3.63) is 0 Å². The quantitative estimate of drug-likeness (QED) is 0.430. The molecule has 0 unspecified atom stereocenters. The van der Waals surface area contributed by atoms with Crippen molar-refractivity contribution >= 4 is 23.8 Å². The van der Waals surface area contributed by atoms with Gasteiger partial charge < -0.3 is 20.8 Å². The Morgan fingerprint density at radius 1 is 0.864 bits per heavy atom. The van der Waals surface area contributed by atoms with Gasteiger partial charge in [-0.25, -0.2) is 0 Å². The van der Waals surface area contributed by atoms with E-state index in [1.54, 1.807) is 0 Å². The molecule has 0 radical (unpaired) electrons. The molecule has 1 heterocycles. The van der Waals surface area contributed by atoms with Crippen molar-refractivity contribution < 1.29 is 29.4 Å². The first-order valence-electron chi connectivity index (χ1n) is 6.78. The Kier molecular flexibility index (Phi) is 7.26. The number of rotatable bonds is 4. The highest BCUT2D eigenvalue weighted by molar-refractivity contribution is 5.80. The average molecular weight is 316 g/mol. The number of carbonyl (C=O) groups is 4. The highest BCUT2D eigenvalue weighted by atomic mass is 16.4. The maximum Gasteiger partial charge on any atom is 0.317 e. The van der Waals surface area contributed by atoms with Crippen LogP contribution in [0, 0.1) is 0 Å². The molecule has 0 aromatic carbocycles. The van der Waals surface area contributed by atoms with Gasteiger partial charge in [-0.05, 0) is 0 Å². The fourth-order valence-corrected chi connectivity index (χ4v) is 2.02. The lowest BCUT2D eigenvalue weighted by atomic mass is 10.3. The predicted octanol–water partition coefficient (Wildman–Crippen LogP) is -2.99. The second-order valence-electron chi connectivity index (χ2n) is 4.91. The van der Waals surface area contributed by atoms with Crippen LogP contribution in [0.1, 0.15) is 0 Å². The van der Waals surface area contributed by atoms with Gasteiger partial charge in [0.15, 0.2) is 0 Å². The van der Waals surface area contributed by atoms with Crippen LogP contribution in [0.5, 0.6) is 0 Å². The second-order valence-corrected chi connectivity index (χ2v) is 4.91. The summed E-state index contributed by atoms with van der Waals surface area (Å²) in [5, 5.41) is 22.8. The largest absolute Gasteiger partial charge is 0.480 e. The SMILES string of the molecule is O=C(O)CN1CCN(CC(=O)O)CC(=O)NCCNC(=O)C1. The van der Waals surface area contributed by atoms with Gasteiger partial charge in [0.05, 0.1) is 26.2 Å². The van der Waals surface area contributed by atoms with Gasteiger partial charge in [-0.1, -0.05) is 0 Å². The van der Waals surface area contributed by atoms with Crippen LogP contribution in [0.2, 0.25) is 0 Å². The molecule has 124 valence electrons. The average Bonchev–Trinajstić information content (AvgIpc) is 2.38. The summed E-state index contributed by atoms with van der Waals surface area (Å²) >= 11 is 0. The molecule has 0 bridgehead atoms. The van der Waals surface area contributed by atoms with E-state index in [2.05, 4.69) is 10.6 Å². The highest BCUT2D eigenvalue weighted by Gasteiger charge is 2.19. The second kappa shape index (κ2) is 8.95. The Bertz CT molecular complexity index is 401. The van der Waals surface area contributed by atoms with Gasteiger partial charge in [-0.2, -0.15) is 0 Å². The molecule has 0 aromatic rings. The standard InChI is InChI=1S/C12H20N4O6/c17-9-5-15(7-11(19)20)3-4-16(8-12(21)22)6-10(18)14-2-1-13-9/h1-8H2,(H,13,17)(H,14,18)(H,19,20)(H,21,22). The molecule has 0 saturated carbocycles. The fourth-order valence-electron chi connectivity index (χ4n) is 2.02. The molecule has 0 aromatic heterocycles. The van der Waals surface area contributed by atoms with E-state index >= 15 is 0 Å². The van der Waals surface area contributed by atoms with Gasteiger partial charge in [0, 0.05) is 26.2 Å². The molecule has 1 saturated heterocycles. The Hall–Kier alpha value is -2.20. The van der Waals surface area contributed by atoms with Gasteiger partial charge in [-0.3, -0.25) is 29.0 Å². The minimum Gasteiger partial charge on any atom is -0.480 e. The van der Waals surface area contributed by atoms with Crippen molar-refractivity contribution in [2.75, 3.05) is 52.4 Å². The molecular weight excluding hydrogens is 296 g/mol. The predicted molar refractivity (Wildman–Crippen MR) is 74.2 cm³/mol. The fraction of sp³-hybridized carbons (Fsp3) is 0.667. The van der Waals surface area contributed by atoms with Crippen LogP contribution in [0.3, 0.4) is 0 Å². The number of carbonyl (C=O) groups excluding carboxylic acids is 2. The van der Waals surface area contributed by atoms with Crippen LogP contribution in [0.4, 0.5) is 0 Å². The lowest BCUT2D eigenvalue weighted by Crippen LogP contribution is -2.49. The van der Waals surface area contributed by atoms with E-state index in [0.29, 0.717) is 0 Å². The molecule has 0 atom stereocenters. The third-order valence-corrected chi connectivity index (χ3v) is 2.95. The number of carboxylic acid groups (broad SMARTS) is 2. The van der Waals surface area contributed by atoms with Crippen LogP contribution in [-0.4, -0.2) is 96.1 Å². The van der Waals surface area contributed by atoms with Gasteiger partial charge in [0.1, 0.15) is 0 Å². The van der Waals surface area contributed by atoms with Gasteiger partial charge in [0.2, 0.25) is 11.8 Å². The van der Waals surface area contributed by atoms with E-state index in [4.69, 9.17) is 10.2 Å². The molecule has 22 heavy (non-hydrogen) atoms. The molecular formula is C12H20N4O6. The van der Waals surface area contributed by atoms with E-state index in [1.807, 2.05) is 0 Å². The van der Waals surface area contributed by atoms with E-state index in [0.717, 1.165) is 0 Å². The molecule has 1 aliphatic heterocycles. The van der Waals surface area contributed by atoms with Crippen LogP contribution >= 0.6 is 0 Å². The van der Waals surface area contributed by atoms with Gasteiger partial charge in [0.25, 0.3) is 0 Å². The third kappa shape index (κ3) is 7.55. The third-order valence-electron chi connectivity index (χ3n) is 2.95. The lowest BCUT2D eigenvalue weighted by Gasteiger charge is -2.26. The highest BCUT2D eigenvalue weighted by Crippen LogP contribution is 1.95. The normalized spacial score (nSPS) is 19.5. The molecule has 0 spiro atoms. The van der Waals surface area contributed by atoms with Crippen LogP contribution < -0.4 is 10.6 Å². The molecule has 1 rings (SSSR count). The van der Waals surface area contributed by atoms with Crippen LogP contribution in [0.25, 0.3) is 0 Å². The number of amides is 2. The minimum atomic E-state index is -1.08. The van der Waals surface area contributed by atoms with Crippen LogP contribution in [-0.2, 0) is 19.2 Å². The van der Waals surface area contributed by atoms with E-state index in [-0.39, 0.29) is 64.2 Å². The Labute approximate surface area is 127 Å². The Morgan fingerprint density at radius 3 is 1.55 bits per heavy atom. The number of nitrogens with one attached hydrogen (secondary N) is 2. The zero-order valence-corrected chi connectivity index (χ0v) is 12.1. The van der Waals surface area contributed by atoms with E-state index < -0.39 is 11.9 Å². The molecule has 2 amide bonds. The van der Waals surface area contributed by atoms with E-state index in [1.165, 1.54) is 9.80 Å². The smallest absolute Gasteiger partial charge is 0.317 e. The molecule has 4 N–H and O–H groups in total. The first-order valence-corrected chi connectivity index (χ1v) is 6.78. The zero-order valence-electron chi connectivity index (χ0n) is 12.1. The van der Waals surface area contributed by atoms with Gasteiger partial charge in [-0.15, -0.1) is 0 Å². The topological polar surface area (TPSA) is 139 Å². The summed E-state index contributed by atoms with van der Waals surface area (Å²) in [6, 6.07) is 0. The number of hydrogen-bond donors (Lipinski definition) is 4. The molecule has 10 nitrogen and oxygen atoms in total. The summed E-state index contributed by atoms with van der Waals surface area (Å²) in [5.74, 6) is -2.86. The number of carboxylic acids is 2. The summed E-state index contributed by atoms with van der Waals surface area (Å²) in [6.45, 7) is -0.0707. The van der Waals surface area contributed by atoms with Crippen molar-refractivity contribution in [2.24, 2.45) is 0 Å². The summed E-state index contributed by atoms with van der Waals surface area (Å²) in [5.41, 5.74) is 0. The van der Waals surface area contributed by atoms with E-state index in [9.17, 15) is 19.2 Å². The maximum absolute atomic E-state index is 11.7. The molecule has 1 aliphatic rings. The molecule has 10 heteroatoms. The summed E-state index contributed by atoms with van der Waals surface area (Å²) in [4.78, 5) is 47.8. The van der Waals surface area contributed by atoms with Crippen molar-refractivity contribution in [1.29, 1.82) is 0 Å². The van der Waals surface area contributed by atoms with Crippen molar-refractivity contribution in [3.63, 3.8) is 0 Å². The minimum absolute atomic E-state index is 0.0961. The number of hydrogen-bond acceptors (Lipinski definition) is 6. The summed E-state index contributed by atoms with van der Waals surface area (Å²) in [7, 11) is 0. The molecule has 1 fully saturated rings. The van der Waals surface area contributed by atoms with Crippen LogP contribution in [0.15, 0.2) is 0 Å². The van der Waals surface area contributed by atoms with Gasteiger partial charge >= 0.3 is 11.9 Å². The lowest BCUT2D eigenvalue weighted by molar-refractivity contribution is -0.141. The monoisotopic (exact) mass is 316 g/mol. The van der Waals surface area contributed by atoms with Crippen molar-refractivity contribution in [1.82, 2.24) is 20.4 Å².